The van der Waals surface area contributed by atoms with Gasteiger partial charge in [-0.15, -0.1) is 11.3 Å². The molecule has 0 aromatic carbocycles. The number of amides is 2. The normalized spacial score (nSPS) is 17.7. The Morgan fingerprint density at radius 3 is 3.09 bits per heavy atom. The van der Waals surface area contributed by atoms with Crippen LogP contribution in [0.5, 0.6) is 0 Å². The van der Waals surface area contributed by atoms with Gasteiger partial charge in [0.2, 0.25) is 5.91 Å². The van der Waals surface area contributed by atoms with E-state index in [0.29, 0.717) is 17.8 Å². The number of hydrogen-bond donors (Lipinski definition) is 1. The van der Waals surface area contributed by atoms with E-state index in [1.165, 1.54) is 11.3 Å². The Bertz CT molecular complexity index is 666. The molecule has 1 aliphatic heterocycles. The summed E-state index contributed by atoms with van der Waals surface area (Å²) in [5.41, 5.74) is 1.05. The fourth-order valence-electron chi connectivity index (χ4n) is 2.48. The maximum absolute atomic E-state index is 12.3. The van der Waals surface area contributed by atoms with Gasteiger partial charge in [0.1, 0.15) is 9.88 Å². The SMILES string of the molecule is CCC(=O)N1CCC(NC(=O)c2cnc(-c3ccsc3)s2)C1. The first-order valence-electron chi connectivity index (χ1n) is 7.24. The molecule has 1 unspecified atom stereocenters. The Balaban J connectivity index is 1.60. The first kappa shape index (κ1) is 15.2. The third-order valence-corrected chi connectivity index (χ3v) is 5.40. The Morgan fingerprint density at radius 2 is 2.36 bits per heavy atom. The lowest BCUT2D eigenvalue weighted by molar-refractivity contribution is -0.129. The number of rotatable bonds is 4. The second-order valence-electron chi connectivity index (χ2n) is 5.19. The molecule has 0 spiro atoms. The topological polar surface area (TPSA) is 62.3 Å². The zero-order valence-corrected chi connectivity index (χ0v) is 13.9. The van der Waals surface area contributed by atoms with Crippen molar-refractivity contribution in [3.8, 4) is 10.6 Å². The minimum Gasteiger partial charge on any atom is -0.347 e. The average molecular weight is 335 g/mol. The summed E-state index contributed by atoms with van der Waals surface area (Å²) >= 11 is 3.01. The maximum Gasteiger partial charge on any atom is 0.263 e. The van der Waals surface area contributed by atoms with Crippen LogP contribution in [0.25, 0.3) is 10.6 Å². The number of nitrogens with zero attached hydrogens (tertiary/aromatic N) is 2. The van der Waals surface area contributed by atoms with E-state index in [2.05, 4.69) is 10.3 Å². The standard InChI is InChI=1S/C15H17N3O2S2/c1-2-13(19)18-5-3-11(8-18)17-14(20)12-7-16-15(22-12)10-4-6-21-9-10/h4,6-7,9,11H,2-3,5,8H2,1H3,(H,17,20). The molecule has 2 amide bonds. The van der Waals surface area contributed by atoms with Gasteiger partial charge in [0, 0.05) is 36.5 Å². The van der Waals surface area contributed by atoms with Crippen molar-refractivity contribution in [3.05, 3.63) is 27.9 Å². The highest BCUT2D eigenvalue weighted by molar-refractivity contribution is 7.17. The molecule has 2 aromatic rings. The Morgan fingerprint density at radius 1 is 1.50 bits per heavy atom. The second kappa shape index (κ2) is 6.58. The molecule has 7 heteroatoms. The monoisotopic (exact) mass is 335 g/mol. The van der Waals surface area contributed by atoms with E-state index < -0.39 is 0 Å². The lowest BCUT2D eigenvalue weighted by atomic mass is 10.2. The minimum absolute atomic E-state index is 0.0368. The number of aromatic nitrogens is 1. The number of nitrogens with one attached hydrogen (secondary N) is 1. The third-order valence-electron chi connectivity index (χ3n) is 3.68. The van der Waals surface area contributed by atoms with Gasteiger partial charge < -0.3 is 10.2 Å². The van der Waals surface area contributed by atoms with Crippen LogP contribution in [0.15, 0.2) is 23.0 Å². The van der Waals surface area contributed by atoms with Gasteiger partial charge in [-0.1, -0.05) is 6.92 Å². The number of thiazole rings is 1. The summed E-state index contributed by atoms with van der Waals surface area (Å²) in [6, 6.07) is 2.03. The van der Waals surface area contributed by atoms with E-state index in [4.69, 9.17) is 0 Å². The molecule has 1 saturated heterocycles. The van der Waals surface area contributed by atoms with Gasteiger partial charge in [-0.3, -0.25) is 9.59 Å². The molecule has 0 aliphatic carbocycles. The first-order valence-corrected chi connectivity index (χ1v) is 9.00. The van der Waals surface area contributed by atoms with Gasteiger partial charge in [0.05, 0.1) is 6.20 Å². The van der Waals surface area contributed by atoms with Crippen molar-refractivity contribution in [1.29, 1.82) is 0 Å². The average Bonchev–Trinajstić information content (AvgIpc) is 3.25. The smallest absolute Gasteiger partial charge is 0.263 e. The number of likely N-dealkylation sites (tertiary alicyclic amines) is 1. The molecule has 116 valence electrons. The predicted octanol–water partition coefficient (Wildman–Crippen LogP) is 2.61. The molecule has 0 radical (unpaired) electrons. The molecule has 1 atom stereocenters. The molecule has 1 fully saturated rings. The zero-order valence-electron chi connectivity index (χ0n) is 12.2. The van der Waals surface area contributed by atoms with Crippen LogP contribution in [0.1, 0.15) is 29.4 Å². The Hall–Kier alpha value is -1.73. The van der Waals surface area contributed by atoms with Crippen LogP contribution in [-0.2, 0) is 4.79 Å². The summed E-state index contributed by atoms with van der Waals surface area (Å²) < 4.78 is 0. The maximum atomic E-state index is 12.3. The van der Waals surface area contributed by atoms with Gasteiger partial charge in [0.15, 0.2) is 0 Å². The minimum atomic E-state index is -0.102. The van der Waals surface area contributed by atoms with Crippen molar-refractivity contribution < 1.29 is 9.59 Å². The lowest BCUT2D eigenvalue weighted by Gasteiger charge is -2.15. The summed E-state index contributed by atoms with van der Waals surface area (Å²) in [7, 11) is 0. The van der Waals surface area contributed by atoms with Crippen molar-refractivity contribution in [3.63, 3.8) is 0 Å². The molecule has 2 aromatic heterocycles. The Labute approximate surface area is 137 Å². The number of carbonyl (C=O) groups is 2. The summed E-state index contributed by atoms with van der Waals surface area (Å²) in [6.45, 7) is 3.19. The fourth-order valence-corrected chi connectivity index (χ4v) is 4.01. The molecule has 22 heavy (non-hydrogen) atoms. The van der Waals surface area contributed by atoms with Gasteiger partial charge in [-0.05, 0) is 17.9 Å². The van der Waals surface area contributed by atoms with E-state index in [1.54, 1.807) is 17.5 Å². The summed E-state index contributed by atoms with van der Waals surface area (Å²) in [4.78, 5) is 30.7. The van der Waals surface area contributed by atoms with Crippen LogP contribution in [0.3, 0.4) is 0 Å². The predicted molar refractivity (Wildman–Crippen MR) is 88.2 cm³/mol. The fraction of sp³-hybridized carbons (Fsp3) is 0.400. The number of thiophene rings is 1. The van der Waals surface area contributed by atoms with Crippen molar-refractivity contribution in [2.24, 2.45) is 0 Å². The van der Waals surface area contributed by atoms with Crippen LogP contribution in [0.2, 0.25) is 0 Å². The number of hydrogen-bond acceptors (Lipinski definition) is 5. The van der Waals surface area contributed by atoms with Crippen molar-refractivity contribution >= 4 is 34.5 Å². The molecule has 1 N–H and O–H groups in total. The highest BCUT2D eigenvalue weighted by atomic mass is 32.1. The van der Waals surface area contributed by atoms with Crippen LogP contribution < -0.4 is 5.32 Å². The zero-order chi connectivity index (χ0) is 15.5. The first-order chi connectivity index (χ1) is 10.7. The summed E-state index contributed by atoms with van der Waals surface area (Å²) in [5, 5.41) is 7.88. The van der Waals surface area contributed by atoms with Crippen molar-refractivity contribution in [1.82, 2.24) is 15.2 Å². The van der Waals surface area contributed by atoms with Crippen LogP contribution >= 0.6 is 22.7 Å². The van der Waals surface area contributed by atoms with E-state index in [0.717, 1.165) is 23.5 Å². The van der Waals surface area contributed by atoms with E-state index >= 15 is 0 Å². The second-order valence-corrected chi connectivity index (χ2v) is 7.00. The van der Waals surface area contributed by atoms with Crippen molar-refractivity contribution in [2.75, 3.05) is 13.1 Å². The van der Waals surface area contributed by atoms with Crippen LogP contribution in [0.4, 0.5) is 0 Å². The third kappa shape index (κ3) is 3.20. The lowest BCUT2D eigenvalue weighted by Crippen LogP contribution is -2.38. The molecule has 3 heterocycles. The van der Waals surface area contributed by atoms with Crippen LogP contribution in [-0.4, -0.2) is 40.8 Å². The van der Waals surface area contributed by atoms with E-state index in [1.807, 2.05) is 28.7 Å². The summed E-state index contributed by atoms with van der Waals surface area (Å²) in [5.74, 6) is 0.0454. The molecular formula is C15H17N3O2S2. The molecule has 3 rings (SSSR count). The van der Waals surface area contributed by atoms with Gasteiger partial charge in [0.25, 0.3) is 5.91 Å². The highest BCUT2D eigenvalue weighted by Gasteiger charge is 2.27. The van der Waals surface area contributed by atoms with Gasteiger partial charge in [-0.2, -0.15) is 11.3 Å². The molecule has 5 nitrogen and oxygen atoms in total. The number of carbonyl (C=O) groups excluding carboxylic acids is 2. The van der Waals surface area contributed by atoms with Crippen molar-refractivity contribution in [2.45, 2.75) is 25.8 Å². The molecule has 0 saturated carbocycles. The van der Waals surface area contributed by atoms with E-state index in [-0.39, 0.29) is 17.9 Å². The van der Waals surface area contributed by atoms with Crippen LogP contribution in [0, 0.1) is 0 Å². The molecule has 0 bridgehead atoms. The Kier molecular flexibility index (Phi) is 4.54. The van der Waals surface area contributed by atoms with Gasteiger partial charge in [-0.25, -0.2) is 4.98 Å². The highest BCUT2D eigenvalue weighted by Crippen LogP contribution is 2.27. The van der Waals surface area contributed by atoms with E-state index in [9.17, 15) is 9.59 Å². The quantitative estimate of drug-likeness (QED) is 0.934. The summed E-state index contributed by atoms with van der Waals surface area (Å²) in [6.07, 6.45) is 2.95. The molecule has 1 aliphatic rings. The molecular weight excluding hydrogens is 318 g/mol. The van der Waals surface area contributed by atoms with Gasteiger partial charge >= 0.3 is 0 Å². The largest absolute Gasteiger partial charge is 0.347 e.